The van der Waals surface area contributed by atoms with Gasteiger partial charge in [0.25, 0.3) is 5.91 Å². The van der Waals surface area contributed by atoms with Gasteiger partial charge in [0.2, 0.25) is 5.91 Å². The number of hydrogen-bond donors (Lipinski definition) is 2. The molecular weight excluding hydrogens is 357 g/mol. The van der Waals surface area contributed by atoms with Gasteiger partial charge in [0, 0.05) is 6.42 Å². The molecule has 25 heavy (non-hydrogen) atoms. The maximum absolute atomic E-state index is 12.8. The van der Waals surface area contributed by atoms with E-state index in [1.165, 1.54) is 24.3 Å². The predicted molar refractivity (Wildman–Crippen MR) is 87.0 cm³/mol. The van der Waals surface area contributed by atoms with Gasteiger partial charge >= 0.3 is 6.18 Å². The van der Waals surface area contributed by atoms with E-state index in [2.05, 4.69) is 5.32 Å². The van der Waals surface area contributed by atoms with Gasteiger partial charge in [0.1, 0.15) is 6.04 Å². The Hall–Kier alpha value is -2.54. The van der Waals surface area contributed by atoms with Crippen LogP contribution in [0.1, 0.15) is 21.5 Å². The number of nitrogens with two attached hydrogens (primary N) is 1. The quantitative estimate of drug-likeness (QED) is 0.848. The van der Waals surface area contributed by atoms with Gasteiger partial charge in [-0.2, -0.15) is 13.2 Å². The second kappa shape index (κ2) is 7.57. The van der Waals surface area contributed by atoms with Gasteiger partial charge < -0.3 is 11.1 Å². The lowest BCUT2D eigenvalue weighted by molar-refractivity contribution is -0.137. The average molecular weight is 371 g/mol. The minimum atomic E-state index is -4.50. The third kappa shape index (κ3) is 4.96. The van der Waals surface area contributed by atoms with Crippen LogP contribution in [0.2, 0.25) is 5.02 Å². The Bertz CT molecular complexity index is 793. The highest BCUT2D eigenvalue weighted by Crippen LogP contribution is 2.29. The van der Waals surface area contributed by atoms with Crippen LogP contribution in [0.3, 0.4) is 0 Å². The highest BCUT2D eigenvalue weighted by atomic mass is 35.5. The summed E-state index contributed by atoms with van der Waals surface area (Å²) in [6.45, 7) is 0. The smallest absolute Gasteiger partial charge is 0.368 e. The first-order chi connectivity index (χ1) is 11.7. The third-order valence-electron chi connectivity index (χ3n) is 3.46. The van der Waals surface area contributed by atoms with E-state index in [-0.39, 0.29) is 22.6 Å². The highest BCUT2D eigenvalue weighted by molar-refractivity contribution is 6.33. The van der Waals surface area contributed by atoms with Crippen molar-refractivity contribution in [1.82, 2.24) is 5.32 Å². The second-order valence-electron chi connectivity index (χ2n) is 5.31. The third-order valence-corrected chi connectivity index (χ3v) is 3.79. The minimum absolute atomic E-state index is 0.138. The summed E-state index contributed by atoms with van der Waals surface area (Å²) in [5, 5.41) is 2.58. The Morgan fingerprint density at radius 1 is 1.12 bits per heavy atom. The first kappa shape index (κ1) is 18.8. The number of amides is 2. The summed E-state index contributed by atoms with van der Waals surface area (Å²) >= 11 is 5.91. The van der Waals surface area contributed by atoms with Crippen molar-refractivity contribution in [2.75, 3.05) is 0 Å². The number of carbonyl (C=O) groups excluding carboxylic acids is 2. The zero-order chi connectivity index (χ0) is 18.6. The van der Waals surface area contributed by atoms with Gasteiger partial charge in [-0.05, 0) is 23.8 Å². The molecule has 132 valence electrons. The first-order valence-corrected chi connectivity index (χ1v) is 7.57. The zero-order valence-electron chi connectivity index (χ0n) is 12.8. The Morgan fingerprint density at radius 2 is 1.80 bits per heavy atom. The number of hydrogen-bond acceptors (Lipinski definition) is 2. The van der Waals surface area contributed by atoms with Crippen molar-refractivity contribution in [2.45, 2.75) is 18.6 Å². The SMILES string of the molecule is NC(=O)[C@@H](Cc1cccc(C(F)(F)F)c1)NC(=O)c1ccccc1Cl. The standard InChI is InChI=1S/C17H14ClF3N2O2/c18-13-7-2-1-6-12(13)16(25)23-14(15(22)24)9-10-4-3-5-11(8-10)17(19,20)21/h1-8,14H,9H2,(H2,22,24)(H,23,25)/t14-/m1/s1. The van der Waals surface area contributed by atoms with Crippen LogP contribution in [0.25, 0.3) is 0 Å². The molecule has 0 radical (unpaired) electrons. The lowest BCUT2D eigenvalue weighted by Crippen LogP contribution is -2.45. The van der Waals surface area contributed by atoms with Gasteiger partial charge in [-0.1, -0.05) is 41.9 Å². The van der Waals surface area contributed by atoms with Crippen LogP contribution in [0, 0.1) is 0 Å². The summed E-state index contributed by atoms with van der Waals surface area (Å²) < 4.78 is 38.3. The molecule has 2 aromatic rings. The van der Waals surface area contributed by atoms with Gasteiger partial charge in [-0.3, -0.25) is 9.59 Å². The van der Waals surface area contributed by atoms with Crippen LogP contribution in [-0.2, 0) is 17.4 Å². The molecule has 0 saturated heterocycles. The fourth-order valence-electron chi connectivity index (χ4n) is 2.21. The molecule has 8 heteroatoms. The molecular formula is C17H14ClF3N2O2. The summed E-state index contributed by atoms with van der Waals surface area (Å²) in [6.07, 6.45) is -4.67. The molecule has 4 nitrogen and oxygen atoms in total. The normalized spacial score (nSPS) is 12.5. The molecule has 0 saturated carbocycles. The number of nitrogens with one attached hydrogen (secondary N) is 1. The van der Waals surface area contributed by atoms with Crippen molar-refractivity contribution in [3.8, 4) is 0 Å². The Morgan fingerprint density at radius 3 is 2.40 bits per heavy atom. The van der Waals surface area contributed by atoms with Gasteiger partial charge in [-0.25, -0.2) is 0 Å². The number of rotatable bonds is 5. The summed E-state index contributed by atoms with van der Waals surface area (Å²) in [5.74, 6) is -1.50. The van der Waals surface area contributed by atoms with E-state index in [4.69, 9.17) is 17.3 Å². The molecule has 0 aliphatic rings. The highest BCUT2D eigenvalue weighted by Gasteiger charge is 2.30. The summed E-state index contributed by atoms with van der Waals surface area (Å²) in [6, 6.07) is 9.50. The molecule has 3 N–H and O–H groups in total. The van der Waals surface area contributed by atoms with Crippen molar-refractivity contribution >= 4 is 23.4 Å². The molecule has 0 bridgehead atoms. The molecule has 2 rings (SSSR count). The molecule has 1 atom stereocenters. The van der Waals surface area contributed by atoms with Crippen molar-refractivity contribution in [1.29, 1.82) is 0 Å². The zero-order valence-corrected chi connectivity index (χ0v) is 13.6. The molecule has 0 aliphatic heterocycles. The van der Waals surface area contributed by atoms with E-state index in [0.717, 1.165) is 12.1 Å². The van der Waals surface area contributed by atoms with Crippen LogP contribution >= 0.6 is 11.6 Å². The van der Waals surface area contributed by atoms with Crippen molar-refractivity contribution < 1.29 is 22.8 Å². The Kier molecular flexibility index (Phi) is 5.69. The summed E-state index contributed by atoms with van der Waals surface area (Å²) in [7, 11) is 0. The van der Waals surface area contributed by atoms with Gasteiger partial charge in [0.15, 0.2) is 0 Å². The molecule has 0 aliphatic carbocycles. The Labute approximate surface area is 146 Å². The van der Waals surface area contributed by atoms with Crippen LogP contribution in [0.15, 0.2) is 48.5 Å². The van der Waals surface area contributed by atoms with Crippen molar-refractivity contribution in [3.63, 3.8) is 0 Å². The maximum atomic E-state index is 12.8. The lowest BCUT2D eigenvalue weighted by atomic mass is 10.0. The fraction of sp³-hybridized carbons (Fsp3) is 0.176. The van der Waals surface area contributed by atoms with E-state index in [1.54, 1.807) is 12.1 Å². The molecule has 2 amide bonds. The Balaban J connectivity index is 2.18. The van der Waals surface area contributed by atoms with Crippen LogP contribution in [0.4, 0.5) is 13.2 Å². The molecule has 0 unspecified atom stereocenters. The van der Waals surface area contributed by atoms with Gasteiger partial charge in [0.05, 0.1) is 16.1 Å². The second-order valence-corrected chi connectivity index (χ2v) is 5.72. The number of primary amides is 1. The van der Waals surface area contributed by atoms with E-state index in [0.29, 0.717) is 0 Å². The number of benzene rings is 2. The summed E-state index contributed by atoms with van der Waals surface area (Å²) in [4.78, 5) is 23.8. The minimum Gasteiger partial charge on any atom is -0.368 e. The molecule has 2 aromatic carbocycles. The molecule has 0 heterocycles. The predicted octanol–water partition coefficient (Wildman–Crippen LogP) is 3.19. The fourth-order valence-corrected chi connectivity index (χ4v) is 2.44. The molecule has 0 fully saturated rings. The lowest BCUT2D eigenvalue weighted by Gasteiger charge is -2.17. The monoisotopic (exact) mass is 370 g/mol. The van der Waals surface area contributed by atoms with Crippen LogP contribution < -0.4 is 11.1 Å². The van der Waals surface area contributed by atoms with Crippen LogP contribution in [-0.4, -0.2) is 17.9 Å². The first-order valence-electron chi connectivity index (χ1n) is 7.19. The largest absolute Gasteiger partial charge is 0.416 e. The van der Waals surface area contributed by atoms with Gasteiger partial charge in [-0.15, -0.1) is 0 Å². The number of halogens is 4. The summed E-state index contributed by atoms with van der Waals surface area (Å²) in [5.41, 5.74) is 4.78. The van der Waals surface area contributed by atoms with Crippen molar-refractivity contribution in [2.24, 2.45) is 5.73 Å². The van der Waals surface area contributed by atoms with E-state index >= 15 is 0 Å². The van der Waals surface area contributed by atoms with Crippen molar-refractivity contribution in [3.05, 3.63) is 70.2 Å². The molecule has 0 spiro atoms. The topological polar surface area (TPSA) is 72.2 Å². The maximum Gasteiger partial charge on any atom is 0.416 e. The van der Waals surface area contributed by atoms with E-state index in [1.807, 2.05) is 0 Å². The van der Waals surface area contributed by atoms with E-state index < -0.39 is 29.6 Å². The number of carbonyl (C=O) groups is 2. The number of alkyl halides is 3. The van der Waals surface area contributed by atoms with E-state index in [9.17, 15) is 22.8 Å². The van der Waals surface area contributed by atoms with Crippen LogP contribution in [0.5, 0.6) is 0 Å². The average Bonchev–Trinajstić information content (AvgIpc) is 2.54. The molecule has 0 aromatic heterocycles.